The van der Waals surface area contributed by atoms with Gasteiger partial charge in [0.2, 0.25) is 0 Å². The van der Waals surface area contributed by atoms with E-state index in [1.54, 1.807) is 25.2 Å². The van der Waals surface area contributed by atoms with Crippen LogP contribution in [0.25, 0.3) is 11.1 Å². The highest BCUT2D eigenvalue weighted by Crippen LogP contribution is 2.33. The van der Waals surface area contributed by atoms with Crippen molar-refractivity contribution in [3.05, 3.63) is 83.4 Å². The minimum Gasteiger partial charge on any atom is -0.481 e. The highest BCUT2D eigenvalue weighted by Gasteiger charge is 2.15. The van der Waals surface area contributed by atoms with Gasteiger partial charge in [0.05, 0.1) is 16.5 Å². The van der Waals surface area contributed by atoms with Crippen molar-refractivity contribution >= 4 is 17.0 Å². The summed E-state index contributed by atoms with van der Waals surface area (Å²) >= 11 is 0. The molecule has 0 saturated heterocycles. The number of nitrogens with zero attached hydrogens (tertiary/aromatic N) is 2. The molecule has 0 spiro atoms. The third-order valence-electron chi connectivity index (χ3n) is 4.44. The summed E-state index contributed by atoms with van der Waals surface area (Å²) in [6.07, 6.45) is 0. The molecule has 0 radical (unpaired) electrons. The maximum atomic E-state index is 14.0. The lowest BCUT2D eigenvalue weighted by Gasteiger charge is -2.18. The summed E-state index contributed by atoms with van der Waals surface area (Å²) in [6, 6.07) is 15.9. The molecular formula is C23H18F2N2O4S. The van der Waals surface area contributed by atoms with E-state index in [4.69, 9.17) is 15.1 Å². The van der Waals surface area contributed by atoms with Gasteiger partial charge >= 0.3 is 5.97 Å². The van der Waals surface area contributed by atoms with Crippen molar-refractivity contribution in [2.24, 2.45) is 0 Å². The minimum absolute atomic E-state index is 0.101. The molecule has 0 saturated carbocycles. The zero-order valence-electron chi connectivity index (χ0n) is 16.9. The summed E-state index contributed by atoms with van der Waals surface area (Å²) in [6.45, 7) is -0.377. The van der Waals surface area contributed by atoms with E-state index in [1.165, 1.54) is 40.7 Å². The van der Waals surface area contributed by atoms with E-state index in [9.17, 15) is 17.8 Å². The van der Waals surface area contributed by atoms with Crippen LogP contribution in [0.1, 0.15) is 11.1 Å². The van der Waals surface area contributed by atoms with E-state index in [1.807, 2.05) is 6.07 Å². The van der Waals surface area contributed by atoms with E-state index in [0.29, 0.717) is 21.6 Å². The Kier molecular flexibility index (Phi) is 7.30. The van der Waals surface area contributed by atoms with E-state index >= 15 is 0 Å². The van der Waals surface area contributed by atoms with Crippen LogP contribution in [0.15, 0.2) is 65.6 Å². The number of rotatable bonds is 8. The molecule has 3 aromatic rings. The zero-order valence-corrected chi connectivity index (χ0v) is 17.7. The van der Waals surface area contributed by atoms with Crippen molar-refractivity contribution in [3.8, 4) is 22.9 Å². The molecule has 9 heteroatoms. The number of carboxylic acids is 1. The molecule has 3 aromatic carbocycles. The summed E-state index contributed by atoms with van der Waals surface area (Å²) < 4.78 is 46.8. The second-order valence-electron chi connectivity index (χ2n) is 6.84. The van der Waals surface area contributed by atoms with Gasteiger partial charge in [-0.3, -0.25) is 0 Å². The first-order chi connectivity index (χ1) is 15.3. The maximum absolute atomic E-state index is 14.0. The van der Waals surface area contributed by atoms with Gasteiger partial charge in [-0.15, -0.1) is 0 Å². The van der Waals surface area contributed by atoms with Crippen molar-refractivity contribution in [1.29, 1.82) is 5.26 Å². The topological polar surface area (TPSA) is 90.6 Å². The minimum atomic E-state index is -1.56. The van der Waals surface area contributed by atoms with E-state index < -0.39 is 35.2 Å². The number of carbonyl (C=O) groups is 1. The number of benzene rings is 3. The molecule has 1 atom stereocenters. The SMILES string of the molecule is CN(Cc1ccc(OCC(=O)O)c(-c2cc(F)cc(C#N)c2)c1)S(=O)c1ccc(F)cc1. The summed E-state index contributed by atoms with van der Waals surface area (Å²) in [7, 11) is 0.0719. The number of halogens is 2. The molecule has 0 aliphatic carbocycles. The summed E-state index contributed by atoms with van der Waals surface area (Å²) in [5.74, 6) is -2.02. The molecule has 3 rings (SSSR count). The fraction of sp³-hybridized carbons (Fsp3) is 0.130. The van der Waals surface area contributed by atoms with Crippen LogP contribution in [-0.4, -0.2) is 33.2 Å². The average molecular weight is 456 g/mol. The Morgan fingerprint density at radius 3 is 2.47 bits per heavy atom. The Morgan fingerprint density at radius 2 is 1.81 bits per heavy atom. The van der Waals surface area contributed by atoms with E-state index in [2.05, 4.69) is 0 Å². The highest BCUT2D eigenvalue weighted by molar-refractivity contribution is 7.82. The summed E-state index contributed by atoms with van der Waals surface area (Å²) in [5, 5.41) is 18.1. The number of ether oxygens (including phenoxy) is 1. The Hall–Kier alpha value is -3.61. The fourth-order valence-electron chi connectivity index (χ4n) is 3.02. The van der Waals surface area contributed by atoms with Crippen molar-refractivity contribution < 1.29 is 27.6 Å². The molecule has 32 heavy (non-hydrogen) atoms. The Morgan fingerprint density at radius 1 is 1.09 bits per heavy atom. The van der Waals surface area contributed by atoms with Crippen molar-refractivity contribution in [3.63, 3.8) is 0 Å². The molecule has 164 valence electrons. The number of carboxylic acid groups (broad SMARTS) is 1. The molecule has 0 aromatic heterocycles. The van der Waals surface area contributed by atoms with Crippen LogP contribution in [0, 0.1) is 23.0 Å². The molecule has 0 bridgehead atoms. The molecule has 0 amide bonds. The zero-order chi connectivity index (χ0) is 23.3. The smallest absolute Gasteiger partial charge is 0.341 e. The van der Waals surface area contributed by atoms with Gasteiger partial charge in [-0.2, -0.15) is 5.26 Å². The fourth-order valence-corrected chi connectivity index (χ4v) is 4.02. The van der Waals surface area contributed by atoms with E-state index in [-0.39, 0.29) is 17.9 Å². The van der Waals surface area contributed by atoms with Crippen LogP contribution in [-0.2, 0) is 22.3 Å². The largest absolute Gasteiger partial charge is 0.481 e. The van der Waals surface area contributed by atoms with Gasteiger partial charge in [-0.05, 0) is 65.7 Å². The molecule has 0 aliphatic heterocycles. The third kappa shape index (κ3) is 5.75. The Bertz CT molecular complexity index is 1210. The van der Waals surface area contributed by atoms with Crippen LogP contribution in [0.4, 0.5) is 8.78 Å². The highest BCUT2D eigenvalue weighted by atomic mass is 32.2. The first-order valence-corrected chi connectivity index (χ1v) is 10.4. The lowest BCUT2D eigenvalue weighted by Crippen LogP contribution is -2.21. The number of hydrogen-bond acceptors (Lipinski definition) is 4. The van der Waals surface area contributed by atoms with Gasteiger partial charge in [-0.25, -0.2) is 22.1 Å². The van der Waals surface area contributed by atoms with Gasteiger partial charge in [0.1, 0.15) is 28.4 Å². The number of hydrogen-bond donors (Lipinski definition) is 1. The molecule has 6 nitrogen and oxygen atoms in total. The molecule has 1 N–H and O–H groups in total. The lowest BCUT2D eigenvalue weighted by molar-refractivity contribution is -0.139. The van der Waals surface area contributed by atoms with Crippen molar-refractivity contribution in [2.45, 2.75) is 11.4 Å². The van der Waals surface area contributed by atoms with Gasteiger partial charge in [0.15, 0.2) is 6.61 Å². The maximum Gasteiger partial charge on any atom is 0.341 e. The van der Waals surface area contributed by atoms with Crippen molar-refractivity contribution in [2.75, 3.05) is 13.7 Å². The van der Waals surface area contributed by atoms with Gasteiger partial charge in [0.25, 0.3) is 0 Å². The summed E-state index contributed by atoms with van der Waals surface area (Å²) in [5.41, 5.74) is 1.51. The van der Waals surface area contributed by atoms with Crippen LogP contribution in [0.2, 0.25) is 0 Å². The van der Waals surface area contributed by atoms with Crippen LogP contribution >= 0.6 is 0 Å². The Labute approximate surface area is 185 Å². The lowest BCUT2D eigenvalue weighted by atomic mass is 10.00. The first kappa shape index (κ1) is 23.1. The molecule has 1 unspecified atom stereocenters. The predicted octanol–water partition coefficient (Wildman–Crippen LogP) is 4.12. The second kappa shape index (κ2) is 10.1. The second-order valence-corrected chi connectivity index (χ2v) is 8.44. The molecule has 0 aliphatic rings. The quantitative estimate of drug-likeness (QED) is 0.551. The van der Waals surface area contributed by atoms with Gasteiger partial charge < -0.3 is 9.84 Å². The standard InChI is InChI=1S/C23H18F2N2O4S/c1-27(32(30)20-5-3-18(24)4-6-20)13-15-2-7-22(31-14-23(28)29)21(10-15)17-8-16(12-26)9-19(25)11-17/h2-11H,13-14H2,1H3,(H,28,29). The first-order valence-electron chi connectivity index (χ1n) is 9.34. The number of nitriles is 1. The number of aliphatic carboxylic acids is 1. The Balaban J connectivity index is 1.94. The monoisotopic (exact) mass is 456 g/mol. The van der Waals surface area contributed by atoms with E-state index in [0.717, 1.165) is 6.07 Å². The van der Waals surface area contributed by atoms with Gasteiger partial charge in [0, 0.05) is 19.2 Å². The van der Waals surface area contributed by atoms with Crippen molar-refractivity contribution in [1.82, 2.24) is 4.31 Å². The normalized spacial score (nSPS) is 11.7. The molecular weight excluding hydrogens is 438 g/mol. The van der Waals surface area contributed by atoms with Gasteiger partial charge in [-0.1, -0.05) is 6.07 Å². The predicted molar refractivity (Wildman–Crippen MR) is 114 cm³/mol. The van der Waals surface area contributed by atoms with Crippen LogP contribution in [0.5, 0.6) is 5.75 Å². The summed E-state index contributed by atoms with van der Waals surface area (Å²) in [4.78, 5) is 11.4. The van der Waals surface area contributed by atoms with Crippen LogP contribution < -0.4 is 4.74 Å². The van der Waals surface area contributed by atoms with Crippen LogP contribution in [0.3, 0.4) is 0 Å². The third-order valence-corrected chi connectivity index (χ3v) is 5.81. The molecule has 0 heterocycles. The molecule has 0 fully saturated rings. The average Bonchev–Trinajstić information content (AvgIpc) is 2.77.